The molecule has 15 heteroatoms. The number of azo groups is 1. The van der Waals surface area contributed by atoms with Crippen LogP contribution < -0.4 is 39.1 Å². The fraction of sp³-hybridized carbons (Fsp3) is 0.0769. The smallest absolute Gasteiger partial charge is 0.744 e. The first-order chi connectivity index (χ1) is 18.8. The minimum absolute atomic E-state index is 0. The number of aryl methyl sites for hydroxylation is 2. The SMILES string of the molecule is Cc1ccc(S(=O)(=O)Oc2ccc(N=Nc3ccc(Nc4ccc(S(=O)(=O)[O-])cc4[N+](=O)[O-])cc3)c(C)c2)cc1.[Na+]. The average molecular weight is 605 g/mol. The number of rotatable bonds is 9. The van der Waals surface area contributed by atoms with Gasteiger partial charge < -0.3 is 14.1 Å². The third-order valence-electron chi connectivity index (χ3n) is 5.56. The maximum absolute atomic E-state index is 12.5. The van der Waals surface area contributed by atoms with Crippen LogP contribution in [0.1, 0.15) is 11.1 Å². The first-order valence-corrected chi connectivity index (χ1v) is 14.3. The topological polar surface area (TPSA) is 180 Å². The van der Waals surface area contributed by atoms with E-state index < -0.39 is 35.7 Å². The number of anilines is 2. The molecule has 0 fully saturated rings. The van der Waals surface area contributed by atoms with Crippen LogP contribution >= 0.6 is 0 Å². The van der Waals surface area contributed by atoms with Crippen LogP contribution in [0.25, 0.3) is 0 Å². The molecule has 0 bridgehead atoms. The van der Waals surface area contributed by atoms with E-state index in [1.54, 1.807) is 49.4 Å². The van der Waals surface area contributed by atoms with E-state index in [0.717, 1.165) is 17.7 Å². The molecule has 4 aromatic rings. The molecule has 0 spiro atoms. The summed E-state index contributed by atoms with van der Waals surface area (Å²) in [5.74, 6) is 0.127. The van der Waals surface area contributed by atoms with E-state index in [1.165, 1.54) is 24.3 Å². The Balaban J connectivity index is 0.00000462. The Bertz CT molecular complexity index is 1830. The molecule has 0 saturated carbocycles. The molecule has 0 radical (unpaired) electrons. The van der Waals surface area contributed by atoms with Crippen molar-refractivity contribution in [3.63, 3.8) is 0 Å². The van der Waals surface area contributed by atoms with Gasteiger partial charge in [-0.2, -0.15) is 18.6 Å². The predicted molar refractivity (Wildman–Crippen MR) is 145 cm³/mol. The van der Waals surface area contributed by atoms with E-state index >= 15 is 0 Å². The van der Waals surface area contributed by atoms with Gasteiger partial charge in [-0.1, -0.05) is 17.7 Å². The van der Waals surface area contributed by atoms with Gasteiger partial charge in [0.25, 0.3) is 5.69 Å². The van der Waals surface area contributed by atoms with E-state index in [0.29, 0.717) is 28.7 Å². The summed E-state index contributed by atoms with van der Waals surface area (Å²) in [7, 11) is -8.84. The Hall–Kier alpha value is -3.66. The third kappa shape index (κ3) is 8.19. The van der Waals surface area contributed by atoms with Gasteiger partial charge >= 0.3 is 39.7 Å². The summed E-state index contributed by atoms with van der Waals surface area (Å²) in [6, 6.07) is 20.0. The molecule has 206 valence electrons. The summed E-state index contributed by atoms with van der Waals surface area (Å²) in [5.41, 5.74) is 2.33. The molecule has 0 aliphatic carbocycles. The van der Waals surface area contributed by atoms with Crippen LogP contribution in [0.4, 0.5) is 28.4 Å². The van der Waals surface area contributed by atoms with E-state index in [4.69, 9.17) is 4.18 Å². The third-order valence-corrected chi connectivity index (χ3v) is 7.65. The van der Waals surface area contributed by atoms with Gasteiger partial charge in [0.05, 0.1) is 21.2 Å². The number of hydrogen-bond acceptors (Lipinski definition) is 11. The summed E-state index contributed by atoms with van der Waals surface area (Å²) < 4.78 is 63.9. The summed E-state index contributed by atoms with van der Waals surface area (Å²) in [4.78, 5) is 9.90. The molecule has 4 rings (SSSR count). The minimum atomic E-state index is -4.85. The van der Waals surface area contributed by atoms with Gasteiger partial charge in [0.2, 0.25) is 0 Å². The van der Waals surface area contributed by atoms with Gasteiger partial charge in [-0.15, -0.1) is 0 Å². The zero-order valence-corrected chi connectivity index (χ0v) is 25.6. The molecule has 0 saturated heterocycles. The number of nitrogens with one attached hydrogen (secondary N) is 1. The predicted octanol–water partition coefficient (Wildman–Crippen LogP) is 3.05. The molecule has 4 aromatic carbocycles. The van der Waals surface area contributed by atoms with E-state index in [1.807, 2.05) is 6.92 Å². The molecule has 12 nitrogen and oxygen atoms in total. The van der Waals surface area contributed by atoms with Crippen molar-refractivity contribution in [3.8, 4) is 5.75 Å². The normalized spacial score (nSPS) is 11.6. The second-order valence-corrected chi connectivity index (χ2v) is 11.5. The Labute approximate surface area is 258 Å². The summed E-state index contributed by atoms with van der Waals surface area (Å²) >= 11 is 0. The monoisotopic (exact) mass is 604 g/mol. The van der Waals surface area contributed by atoms with Crippen LogP contribution in [0.5, 0.6) is 5.75 Å². The Morgan fingerprint density at radius 1 is 0.805 bits per heavy atom. The van der Waals surface area contributed by atoms with Crippen molar-refractivity contribution in [1.82, 2.24) is 0 Å². The molecule has 0 amide bonds. The molecule has 0 heterocycles. The molecule has 1 N–H and O–H groups in total. The van der Waals surface area contributed by atoms with Crippen LogP contribution in [0.3, 0.4) is 0 Å². The van der Waals surface area contributed by atoms with Crippen LogP contribution in [-0.4, -0.2) is 26.3 Å². The van der Waals surface area contributed by atoms with Crippen LogP contribution in [0.15, 0.2) is 105 Å². The molecule has 0 aliphatic heterocycles. The Morgan fingerprint density at radius 3 is 2.02 bits per heavy atom. The van der Waals surface area contributed by atoms with Crippen molar-refractivity contribution in [2.45, 2.75) is 23.6 Å². The quantitative estimate of drug-likeness (QED) is 0.0750. The van der Waals surface area contributed by atoms with E-state index in [2.05, 4.69) is 15.5 Å². The maximum Gasteiger partial charge on any atom is 1.00 e. The zero-order chi connectivity index (χ0) is 29.1. The van der Waals surface area contributed by atoms with Crippen molar-refractivity contribution in [1.29, 1.82) is 0 Å². The number of benzene rings is 4. The fourth-order valence-corrected chi connectivity index (χ4v) is 4.89. The zero-order valence-electron chi connectivity index (χ0n) is 22.0. The number of nitro benzene ring substituents is 1. The van der Waals surface area contributed by atoms with Gasteiger partial charge in [-0.3, -0.25) is 10.1 Å². The Morgan fingerprint density at radius 2 is 1.44 bits per heavy atom. The molecular formula is C26H21N4NaO8S2. The molecule has 0 aliphatic rings. The fourth-order valence-electron chi connectivity index (χ4n) is 3.47. The number of hydrogen-bond donors (Lipinski definition) is 1. The van der Waals surface area contributed by atoms with Crippen molar-refractivity contribution < 1.29 is 60.1 Å². The molecule has 41 heavy (non-hydrogen) atoms. The number of nitrogens with zero attached hydrogens (tertiary/aromatic N) is 3. The molecular weight excluding hydrogens is 583 g/mol. The van der Waals surface area contributed by atoms with Crippen molar-refractivity contribution in [2.24, 2.45) is 10.2 Å². The summed E-state index contributed by atoms with van der Waals surface area (Å²) in [5, 5.41) is 22.5. The second-order valence-electron chi connectivity index (χ2n) is 8.56. The summed E-state index contributed by atoms with van der Waals surface area (Å²) in [6.07, 6.45) is 0. The van der Waals surface area contributed by atoms with Crippen molar-refractivity contribution in [2.75, 3.05) is 5.32 Å². The molecule has 0 unspecified atom stereocenters. The van der Waals surface area contributed by atoms with Crippen molar-refractivity contribution >= 4 is 48.7 Å². The van der Waals surface area contributed by atoms with Gasteiger partial charge in [-0.05, 0) is 86.1 Å². The van der Waals surface area contributed by atoms with Gasteiger partial charge in [-0.25, -0.2) is 8.42 Å². The number of nitro groups is 1. The van der Waals surface area contributed by atoms with E-state index in [9.17, 15) is 31.5 Å². The first-order valence-electron chi connectivity index (χ1n) is 11.5. The van der Waals surface area contributed by atoms with Crippen molar-refractivity contribution in [3.05, 3.63) is 106 Å². The Kier molecular flexibility index (Phi) is 10.0. The van der Waals surface area contributed by atoms with E-state index in [-0.39, 0.29) is 45.9 Å². The molecule has 0 aromatic heterocycles. The largest absolute Gasteiger partial charge is 1.00 e. The van der Waals surface area contributed by atoms with Gasteiger partial charge in [0, 0.05) is 11.8 Å². The van der Waals surface area contributed by atoms with Crippen LogP contribution in [-0.2, 0) is 20.2 Å². The van der Waals surface area contributed by atoms with Crippen LogP contribution in [0.2, 0.25) is 0 Å². The second kappa shape index (κ2) is 12.9. The average Bonchev–Trinajstić information content (AvgIpc) is 2.88. The first kappa shape index (κ1) is 31.9. The minimum Gasteiger partial charge on any atom is -0.744 e. The van der Waals surface area contributed by atoms with Crippen LogP contribution in [0, 0.1) is 24.0 Å². The van der Waals surface area contributed by atoms with Gasteiger partial charge in [0.1, 0.15) is 26.5 Å². The van der Waals surface area contributed by atoms with Gasteiger partial charge in [0.15, 0.2) is 0 Å². The molecule has 0 atom stereocenters. The summed E-state index contributed by atoms with van der Waals surface area (Å²) in [6.45, 7) is 3.57. The standard InChI is InChI=1S/C26H22N4O8S2.Na/c1-17-3-10-22(11-4-17)40(36,37)38-21-9-13-24(18(2)15-21)29-28-20-7-5-19(6-8-20)27-25-14-12-23(39(33,34)35)16-26(25)30(31)32;/h3-16,27H,1-2H3,(H,33,34,35);/q;+1/p-1. The maximum atomic E-state index is 12.5.